The molecule has 0 heterocycles. The van der Waals surface area contributed by atoms with Crippen molar-refractivity contribution in [1.29, 1.82) is 0 Å². The minimum absolute atomic E-state index is 0.0195. The van der Waals surface area contributed by atoms with Crippen LogP contribution in [-0.2, 0) is 21.2 Å². The van der Waals surface area contributed by atoms with Gasteiger partial charge in [-0.2, -0.15) is 4.72 Å². The molecule has 0 fully saturated rings. The van der Waals surface area contributed by atoms with Crippen LogP contribution in [0.4, 0.5) is 10.1 Å². The van der Waals surface area contributed by atoms with Gasteiger partial charge in [-0.15, -0.1) is 0 Å². The lowest BCUT2D eigenvalue weighted by molar-refractivity contribution is -0.117. The highest BCUT2D eigenvalue weighted by atomic mass is 79.9. The van der Waals surface area contributed by atoms with Crippen LogP contribution in [0.1, 0.15) is 5.56 Å². The molecule has 1 unspecified atom stereocenters. The molecule has 0 aliphatic rings. The third-order valence-electron chi connectivity index (χ3n) is 4.46. The van der Waals surface area contributed by atoms with Crippen molar-refractivity contribution in [2.45, 2.75) is 17.4 Å². The number of anilines is 1. The Morgan fingerprint density at radius 2 is 1.74 bits per heavy atom. The molecule has 2 N–H and O–H groups in total. The molecule has 162 valence electrons. The summed E-state index contributed by atoms with van der Waals surface area (Å²) in [6, 6.07) is 17.8. The average Bonchev–Trinajstić information content (AvgIpc) is 2.76. The first-order chi connectivity index (χ1) is 14.8. The Labute approximate surface area is 188 Å². The Balaban J connectivity index is 1.87. The molecule has 0 aliphatic carbocycles. The van der Waals surface area contributed by atoms with Crippen LogP contribution in [0.15, 0.2) is 82.2 Å². The van der Waals surface area contributed by atoms with E-state index in [2.05, 4.69) is 26.0 Å². The van der Waals surface area contributed by atoms with Crippen LogP contribution < -0.4 is 14.8 Å². The highest BCUT2D eigenvalue weighted by molar-refractivity contribution is 9.10. The van der Waals surface area contributed by atoms with Gasteiger partial charge in [0.15, 0.2) is 0 Å². The summed E-state index contributed by atoms with van der Waals surface area (Å²) in [7, 11) is -2.55. The van der Waals surface area contributed by atoms with E-state index < -0.39 is 27.8 Å². The summed E-state index contributed by atoms with van der Waals surface area (Å²) < 4.78 is 48.0. The second kappa shape index (κ2) is 10.0. The summed E-state index contributed by atoms with van der Waals surface area (Å²) in [6.45, 7) is 0. The molecule has 0 bridgehead atoms. The van der Waals surface area contributed by atoms with E-state index in [4.69, 9.17) is 4.74 Å². The maximum Gasteiger partial charge on any atom is 0.242 e. The van der Waals surface area contributed by atoms with Gasteiger partial charge in [-0.3, -0.25) is 4.79 Å². The highest BCUT2D eigenvalue weighted by Gasteiger charge is 2.27. The maximum atomic E-state index is 14.2. The average molecular weight is 507 g/mol. The number of ether oxygens (including phenoxy) is 1. The molecule has 9 heteroatoms. The zero-order chi connectivity index (χ0) is 22.4. The van der Waals surface area contributed by atoms with E-state index in [1.807, 2.05) is 6.07 Å². The number of sulfonamides is 1. The number of methoxy groups -OCH3 is 1. The normalized spacial score (nSPS) is 12.2. The van der Waals surface area contributed by atoms with Gasteiger partial charge in [-0.05, 0) is 54.4 Å². The lowest BCUT2D eigenvalue weighted by Crippen LogP contribution is -2.45. The third kappa shape index (κ3) is 6.13. The van der Waals surface area contributed by atoms with E-state index >= 15 is 0 Å². The number of rotatable bonds is 8. The summed E-state index contributed by atoms with van der Waals surface area (Å²) in [5, 5.41) is 2.47. The van der Waals surface area contributed by atoms with Gasteiger partial charge in [0.2, 0.25) is 15.9 Å². The van der Waals surface area contributed by atoms with Gasteiger partial charge in [0.05, 0.1) is 17.7 Å². The summed E-state index contributed by atoms with van der Waals surface area (Å²) in [4.78, 5) is 12.9. The van der Waals surface area contributed by atoms with Crippen LogP contribution in [0.3, 0.4) is 0 Å². The Hall–Kier alpha value is -2.75. The van der Waals surface area contributed by atoms with Crippen LogP contribution in [-0.4, -0.2) is 27.5 Å². The summed E-state index contributed by atoms with van der Waals surface area (Å²) in [5.41, 5.74) is 0.700. The second-order valence-electron chi connectivity index (χ2n) is 6.65. The highest BCUT2D eigenvalue weighted by Crippen LogP contribution is 2.21. The van der Waals surface area contributed by atoms with Crippen molar-refractivity contribution < 1.29 is 22.3 Å². The van der Waals surface area contributed by atoms with Crippen molar-refractivity contribution in [2.75, 3.05) is 12.4 Å². The van der Waals surface area contributed by atoms with Crippen LogP contribution >= 0.6 is 15.9 Å². The lowest BCUT2D eigenvalue weighted by Gasteiger charge is -2.19. The lowest BCUT2D eigenvalue weighted by atomic mass is 10.1. The van der Waals surface area contributed by atoms with Gasteiger partial charge in [0, 0.05) is 4.47 Å². The number of nitrogens with one attached hydrogen (secondary N) is 2. The fourth-order valence-electron chi connectivity index (χ4n) is 2.86. The van der Waals surface area contributed by atoms with Crippen molar-refractivity contribution in [1.82, 2.24) is 4.72 Å². The number of carbonyl (C=O) groups excluding carboxylic acids is 1. The van der Waals surface area contributed by atoms with Crippen LogP contribution in [0.25, 0.3) is 0 Å². The van der Waals surface area contributed by atoms with Gasteiger partial charge in [-0.25, -0.2) is 12.8 Å². The van der Waals surface area contributed by atoms with Crippen LogP contribution in [0.5, 0.6) is 5.75 Å². The van der Waals surface area contributed by atoms with Crippen LogP contribution in [0, 0.1) is 5.82 Å². The van der Waals surface area contributed by atoms with Crippen molar-refractivity contribution in [3.05, 3.63) is 88.6 Å². The largest absolute Gasteiger partial charge is 0.497 e. The maximum absolute atomic E-state index is 14.2. The first-order valence-electron chi connectivity index (χ1n) is 9.25. The smallest absolute Gasteiger partial charge is 0.242 e. The quantitative estimate of drug-likeness (QED) is 0.481. The van der Waals surface area contributed by atoms with E-state index in [1.54, 1.807) is 30.3 Å². The van der Waals surface area contributed by atoms with Gasteiger partial charge in [0.1, 0.15) is 17.6 Å². The number of amides is 1. The topological polar surface area (TPSA) is 84.5 Å². The fraction of sp³-hybridized carbons (Fsp3) is 0.136. The molecule has 0 aromatic heterocycles. The van der Waals surface area contributed by atoms with Gasteiger partial charge >= 0.3 is 0 Å². The van der Waals surface area contributed by atoms with Crippen molar-refractivity contribution in [2.24, 2.45) is 0 Å². The predicted octanol–water partition coefficient (Wildman–Crippen LogP) is 4.13. The molecule has 1 atom stereocenters. The van der Waals surface area contributed by atoms with E-state index in [0.29, 0.717) is 10.2 Å². The molecule has 0 aliphatic heterocycles. The molecule has 6 nitrogen and oxygen atoms in total. The molecular formula is C22H20BrFN2O4S. The molecule has 3 rings (SSSR count). The Bertz CT molecular complexity index is 1160. The minimum atomic E-state index is -4.03. The molecule has 1 amide bonds. The monoisotopic (exact) mass is 506 g/mol. The predicted molar refractivity (Wildman–Crippen MR) is 120 cm³/mol. The van der Waals surface area contributed by atoms with Gasteiger partial charge < -0.3 is 10.1 Å². The van der Waals surface area contributed by atoms with Crippen molar-refractivity contribution in [3.8, 4) is 5.75 Å². The molecule has 0 saturated carbocycles. The number of halogens is 2. The third-order valence-corrected chi connectivity index (χ3v) is 6.44. The Morgan fingerprint density at radius 3 is 2.35 bits per heavy atom. The summed E-state index contributed by atoms with van der Waals surface area (Å²) >= 11 is 3.16. The van der Waals surface area contributed by atoms with Crippen molar-refractivity contribution in [3.63, 3.8) is 0 Å². The Kier molecular flexibility index (Phi) is 7.42. The molecule has 0 spiro atoms. The molecule has 31 heavy (non-hydrogen) atoms. The Morgan fingerprint density at radius 1 is 1.06 bits per heavy atom. The summed E-state index contributed by atoms with van der Waals surface area (Å²) in [6.07, 6.45) is 0.0835. The number of hydrogen-bond donors (Lipinski definition) is 2. The van der Waals surface area contributed by atoms with Gasteiger partial charge in [0.25, 0.3) is 0 Å². The second-order valence-corrected chi connectivity index (χ2v) is 9.28. The summed E-state index contributed by atoms with van der Waals surface area (Å²) in [5.74, 6) is -0.815. The molecular weight excluding hydrogens is 487 g/mol. The standard InChI is InChI=1S/C22H20BrFN2O4S/c1-30-17-8-10-18(11-9-17)31(28,29)26-21(13-15-5-3-2-4-6-15)22(27)25-20-12-7-16(23)14-19(20)24/h2-12,14,21,26H,13H2,1H3,(H,25,27). The number of carbonyl (C=O) groups is 1. The zero-order valence-corrected chi connectivity index (χ0v) is 18.9. The van der Waals surface area contributed by atoms with E-state index in [-0.39, 0.29) is 17.0 Å². The first-order valence-corrected chi connectivity index (χ1v) is 11.5. The van der Waals surface area contributed by atoms with E-state index in [1.165, 1.54) is 43.5 Å². The van der Waals surface area contributed by atoms with E-state index in [9.17, 15) is 17.6 Å². The van der Waals surface area contributed by atoms with Crippen LogP contribution in [0.2, 0.25) is 0 Å². The molecule has 3 aromatic rings. The van der Waals surface area contributed by atoms with E-state index in [0.717, 1.165) is 5.56 Å². The molecule has 0 radical (unpaired) electrons. The SMILES string of the molecule is COc1ccc(S(=O)(=O)NC(Cc2ccccc2)C(=O)Nc2ccc(Br)cc2F)cc1. The molecule has 0 saturated heterocycles. The fourth-order valence-corrected chi connectivity index (χ4v) is 4.39. The van der Waals surface area contributed by atoms with Gasteiger partial charge in [-0.1, -0.05) is 46.3 Å². The van der Waals surface area contributed by atoms with Crippen molar-refractivity contribution >= 4 is 37.5 Å². The first kappa shape index (κ1) is 22.9. The number of hydrogen-bond acceptors (Lipinski definition) is 4. The molecule has 3 aromatic carbocycles. The number of benzene rings is 3. The zero-order valence-electron chi connectivity index (χ0n) is 16.5. The minimum Gasteiger partial charge on any atom is -0.497 e.